The van der Waals surface area contributed by atoms with Gasteiger partial charge in [0.2, 0.25) is 5.91 Å². The van der Waals surface area contributed by atoms with Gasteiger partial charge in [0.25, 0.3) is 0 Å². The number of anilines is 1. The summed E-state index contributed by atoms with van der Waals surface area (Å²) in [7, 11) is 1.46. The van der Waals surface area contributed by atoms with Crippen LogP contribution in [0, 0.1) is 0 Å². The van der Waals surface area contributed by atoms with Gasteiger partial charge in [-0.2, -0.15) is 0 Å². The van der Waals surface area contributed by atoms with Crippen molar-refractivity contribution >= 4 is 11.6 Å². The van der Waals surface area contributed by atoms with E-state index in [0.29, 0.717) is 12.5 Å². The number of hydrogen-bond donors (Lipinski definition) is 1. The molecule has 2 rings (SSSR count). The van der Waals surface area contributed by atoms with Gasteiger partial charge in [0, 0.05) is 24.7 Å². The van der Waals surface area contributed by atoms with E-state index < -0.39 is 0 Å². The summed E-state index contributed by atoms with van der Waals surface area (Å²) in [6, 6.07) is 8.92. The van der Waals surface area contributed by atoms with E-state index >= 15 is 0 Å². The molecule has 0 bridgehead atoms. The minimum Gasteiger partial charge on any atom is -0.368 e. The molecule has 98 valence electrons. The van der Waals surface area contributed by atoms with E-state index in [1.165, 1.54) is 18.4 Å². The monoisotopic (exact) mass is 248 g/mol. The van der Waals surface area contributed by atoms with Crippen molar-refractivity contribution in [2.24, 2.45) is 0 Å². The first kappa shape index (κ1) is 12.9. The summed E-state index contributed by atoms with van der Waals surface area (Å²) in [5.41, 5.74) is 5.00. The Bertz CT molecular complexity index is 420. The Morgan fingerprint density at radius 3 is 3.06 bits per heavy atom. The Labute approximate surface area is 108 Å². The van der Waals surface area contributed by atoms with Crippen LogP contribution in [0.25, 0.3) is 0 Å². The standard InChI is InChI=1S/C14H20N2O2/c1-11-7-8-12-5-3-4-6-13(12)16(11)10-9-14(17)15-18-2/h3-6,11H,7-10H2,1-2H3,(H,15,17). The molecule has 0 radical (unpaired) electrons. The molecule has 1 N–H and O–H groups in total. The van der Waals surface area contributed by atoms with Crippen molar-refractivity contribution in [3.63, 3.8) is 0 Å². The van der Waals surface area contributed by atoms with Crippen LogP contribution in [0.5, 0.6) is 0 Å². The second-order valence-corrected chi connectivity index (χ2v) is 4.69. The van der Waals surface area contributed by atoms with Gasteiger partial charge in [0.1, 0.15) is 0 Å². The molecule has 1 aromatic carbocycles. The maximum Gasteiger partial charge on any atom is 0.245 e. The zero-order chi connectivity index (χ0) is 13.0. The third-order valence-electron chi connectivity index (χ3n) is 3.46. The molecule has 1 aliphatic rings. The van der Waals surface area contributed by atoms with Crippen LogP contribution in [-0.2, 0) is 16.1 Å². The lowest BCUT2D eigenvalue weighted by Gasteiger charge is -2.37. The van der Waals surface area contributed by atoms with Crippen LogP contribution in [0.3, 0.4) is 0 Å². The molecule has 0 fully saturated rings. The second kappa shape index (κ2) is 5.87. The molecule has 1 heterocycles. The molecule has 1 aliphatic heterocycles. The third kappa shape index (κ3) is 2.82. The fourth-order valence-electron chi connectivity index (χ4n) is 2.49. The van der Waals surface area contributed by atoms with E-state index in [2.05, 4.69) is 46.4 Å². The fraction of sp³-hybridized carbons (Fsp3) is 0.500. The first-order valence-electron chi connectivity index (χ1n) is 6.38. The van der Waals surface area contributed by atoms with Crippen LogP contribution in [0.15, 0.2) is 24.3 Å². The number of nitrogens with zero attached hydrogens (tertiary/aromatic N) is 1. The molecule has 0 spiro atoms. The molecule has 0 aliphatic carbocycles. The van der Waals surface area contributed by atoms with Crippen molar-refractivity contribution in [1.82, 2.24) is 5.48 Å². The van der Waals surface area contributed by atoms with Crippen LogP contribution in [-0.4, -0.2) is 25.6 Å². The minimum absolute atomic E-state index is 0.0762. The van der Waals surface area contributed by atoms with Gasteiger partial charge in [0.15, 0.2) is 0 Å². The Kier molecular flexibility index (Phi) is 4.20. The molecule has 1 atom stereocenters. The molecule has 0 aromatic heterocycles. The lowest BCUT2D eigenvalue weighted by atomic mass is 9.96. The van der Waals surface area contributed by atoms with Crippen LogP contribution >= 0.6 is 0 Å². The van der Waals surface area contributed by atoms with Crippen LogP contribution < -0.4 is 10.4 Å². The number of benzene rings is 1. The molecular weight excluding hydrogens is 228 g/mol. The third-order valence-corrected chi connectivity index (χ3v) is 3.46. The van der Waals surface area contributed by atoms with Gasteiger partial charge in [-0.25, -0.2) is 5.48 Å². The number of hydrogen-bond acceptors (Lipinski definition) is 3. The molecular formula is C14H20N2O2. The number of amides is 1. The minimum atomic E-state index is -0.0762. The predicted molar refractivity (Wildman–Crippen MR) is 71.3 cm³/mol. The van der Waals surface area contributed by atoms with Gasteiger partial charge in [0.05, 0.1) is 7.11 Å². The molecule has 1 aromatic rings. The lowest BCUT2D eigenvalue weighted by Crippen LogP contribution is -2.39. The SMILES string of the molecule is CONC(=O)CCN1c2ccccc2CCC1C. The lowest BCUT2D eigenvalue weighted by molar-refractivity contribution is -0.131. The van der Waals surface area contributed by atoms with Gasteiger partial charge in [-0.05, 0) is 31.4 Å². The molecule has 0 saturated heterocycles. The molecule has 0 saturated carbocycles. The average molecular weight is 248 g/mol. The molecule has 1 unspecified atom stereocenters. The number of aryl methyl sites for hydroxylation is 1. The highest BCUT2D eigenvalue weighted by Gasteiger charge is 2.22. The highest BCUT2D eigenvalue weighted by molar-refractivity contribution is 5.75. The average Bonchev–Trinajstić information content (AvgIpc) is 2.38. The zero-order valence-corrected chi connectivity index (χ0v) is 11.0. The molecule has 4 heteroatoms. The van der Waals surface area contributed by atoms with Crippen molar-refractivity contribution in [3.05, 3.63) is 29.8 Å². The normalized spacial score (nSPS) is 18.3. The Hall–Kier alpha value is -1.55. The van der Waals surface area contributed by atoms with Crippen molar-refractivity contribution in [2.45, 2.75) is 32.2 Å². The van der Waals surface area contributed by atoms with Crippen molar-refractivity contribution in [2.75, 3.05) is 18.6 Å². The van der Waals surface area contributed by atoms with Crippen molar-refractivity contribution in [3.8, 4) is 0 Å². The highest BCUT2D eigenvalue weighted by atomic mass is 16.6. The number of hydroxylamine groups is 1. The summed E-state index contributed by atoms with van der Waals surface area (Å²) in [4.78, 5) is 18.4. The number of para-hydroxylation sites is 1. The van der Waals surface area contributed by atoms with E-state index in [9.17, 15) is 4.79 Å². The predicted octanol–water partition coefficient (Wildman–Crippen LogP) is 1.90. The van der Waals surface area contributed by atoms with Crippen LogP contribution in [0.1, 0.15) is 25.3 Å². The van der Waals surface area contributed by atoms with Gasteiger partial charge < -0.3 is 4.90 Å². The summed E-state index contributed by atoms with van der Waals surface area (Å²) in [5, 5.41) is 0. The summed E-state index contributed by atoms with van der Waals surface area (Å²) in [5.74, 6) is -0.0762. The molecule has 1 amide bonds. The highest BCUT2D eigenvalue weighted by Crippen LogP contribution is 2.30. The van der Waals surface area contributed by atoms with Gasteiger partial charge >= 0.3 is 0 Å². The van der Waals surface area contributed by atoms with Gasteiger partial charge in [-0.15, -0.1) is 0 Å². The molecule has 18 heavy (non-hydrogen) atoms. The number of carbonyl (C=O) groups excluding carboxylic acids is 1. The van der Waals surface area contributed by atoms with E-state index in [-0.39, 0.29) is 5.91 Å². The van der Waals surface area contributed by atoms with Gasteiger partial charge in [-0.1, -0.05) is 18.2 Å². The maximum absolute atomic E-state index is 11.4. The number of rotatable bonds is 4. The number of fused-ring (bicyclic) bond motifs is 1. The summed E-state index contributed by atoms with van der Waals surface area (Å²) in [6.07, 6.45) is 2.72. The van der Waals surface area contributed by atoms with Gasteiger partial charge in [-0.3, -0.25) is 9.63 Å². The van der Waals surface area contributed by atoms with Crippen LogP contribution in [0.2, 0.25) is 0 Å². The Morgan fingerprint density at radius 2 is 2.28 bits per heavy atom. The van der Waals surface area contributed by atoms with E-state index in [1.54, 1.807) is 0 Å². The second-order valence-electron chi connectivity index (χ2n) is 4.69. The maximum atomic E-state index is 11.4. The largest absolute Gasteiger partial charge is 0.368 e. The van der Waals surface area contributed by atoms with E-state index in [4.69, 9.17) is 0 Å². The Balaban J connectivity index is 2.05. The Morgan fingerprint density at radius 1 is 1.50 bits per heavy atom. The summed E-state index contributed by atoms with van der Waals surface area (Å²) < 4.78 is 0. The van der Waals surface area contributed by atoms with E-state index in [0.717, 1.165) is 19.4 Å². The van der Waals surface area contributed by atoms with Crippen molar-refractivity contribution in [1.29, 1.82) is 0 Å². The van der Waals surface area contributed by atoms with Crippen LogP contribution in [0.4, 0.5) is 5.69 Å². The number of carbonyl (C=O) groups is 1. The quantitative estimate of drug-likeness (QED) is 0.827. The van der Waals surface area contributed by atoms with Crippen molar-refractivity contribution < 1.29 is 9.63 Å². The first-order chi connectivity index (χ1) is 8.72. The summed E-state index contributed by atoms with van der Waals surface area (Å²) in [6.45, 7) is 2.94. The fourth-order valence-corrected chi connectivity index (χ4v) is 2.49. The smallest absolute Gasteiger partial charge is 0.245 e. The number of nitrogens with one attached hydrogen (secondary N) is 1. The van der Waals surface area contributed by atoms with E-state index in [1.807, 2.05) is 0 Å². The zero-order valence-electron chi connectivity index (χ0n) is 11.0. The topological polar surface area (TPSA) is 41.6 Å². The molecule has 4 nitrogen and oxygen atoms in total. The first-order valence-corrected chi connectivity index (χ1v) is 6.38. The summed E-state index contributed by atoms with van der Waals surface area (Å²) >= 11 is 0.